The van der Waals surface area contributed by atoms with E-state index in [1.165, 1.54) is 0 Å². The van der Waals surface area contributed by atoms with E-state index in [1.807, 2.05) is 6.92 Å². The molecule has 1 fully saturated rings. The van der Waals surface area contributed by atoms with Gasteiger partial charge in [0.1, 0.15) is 29.4 Å². The second kappa shape index (κ2) is 8.50. The quantitative estimate of drug-likeness (QED) is 0.337. The van der Waals surface area contributed by atoms with Gasteiger partial charge in [0.2, 0.25) is 0 Å². The van der Waals surface area contributed by atoms with Crippen LogP contribution in [0.4, 0.5) is 0 Å². The second-order valence-electron chi connectivity index (χ2n) is 5.76. The number of aliphatic hydroxyl groups excluding tert-OH is 2. The topological polar surface area (TPSA) is 146 Å². The number of carbonyl (C=O) groups is 1. The molecule has 1 radical (unpaired) electrons. The third-order valence-corrected chi connectivity index (χ3v) is 4.10. The highest BCUT2D eigenvalue weighted by Crippen LogP contribution is 2.34. The lowest BCUT2D eigenvalue weighted by Gasteiger charge is -2.43. The number of nitrogens with zero attached hydrogens (tertiary/aromatic N) is 1. The minimum Gasteiger partial charge on any atom is -0.536 e. The molecule has 1 heterocycles. The van der Waals surface area contributed by atoms with Gasteiger partial charge in [-0.1, -0.05) is 13.0 Å². The van der Waals surface area contributed by atoms with Gasteiger partial charge in [0, 0.05) is 13.1 Å². The van der Waals surface area contributed by atoms with Gasteiger partial charge in [-0.25, -0.2) is 4.79 Å². The fourth-order valence-corrected chi connectivity index (χ4v) is 2.68. The molecule has 137 valence electrons. The summed E-state index contributed by atoms with van der Waals surface area (Å²) in [5.41, 5.74) is 6.02. The van der Waals surface area contributed by atoms with Gasteiger partial charge in [0.15, 0.2) is 0 Å². The molecule has 1 saturated heterocycles. The SMILES string of the molecule is CCc1ccc(OC2CN(C(O)[C@H](N)CO)C2)c(C(=O)O)c1O[B]O. The maximum atomic E-state index is 11.6. The molecular formula is C15H22BN2O7. The maximum absolute atomic E-state index is 11.6. The van der Waals surface area contributed by atoms with Gasteiger partial charge in [-0.15, -0.1) is 0 Å². The van der Waals surface area contributed by atoms with Gasteiger partial charge in [-0.2, -0.15) is 0 Å². The number of carboxylic acid groups (broad SMARTS) is 1. The number of nitrogens with two attached hydrogens (primary N) is 1. The van der Waals surface area contributed by atoms with E-state index in [4.69, 9.17) is 25.3 Å². The average molecular weight is 353 g/mol. The normalized spacial score (nSPS) is 17.5. The van der Waals surface area contributed by atoms with Gasteiger partial charge < -0.3 is 35.5 Å². The lowest BCUT2D eigenvalue weighted by atomic mass is 10.0. The zero-order chi connectivity index (χ0) is 18.6. The van der Waals surface area contributed by atoms with E-state index >= 15 is 0 Å². The summed E-state index contributed by atoms with van der Waals surface area (Å²) in [4.78, 5) is 13.2. The molecule has 10 heteroatoms. The first-order valence-electron chi connectivity index (χ1n) is 7.89. The first-order chi connectivity index (χ1) is 11.9. The molecule has 1 aromatic rings. The van der Waals surface area contributed by atoms with Gasteiger partial charge in [-0.05, 0) is 18.1 Å². The number of ether oxygens (including phenoxy) is 1. The summed E-state index contributed by atoms with van der Waals surface area (Å²) in [6.07, 6.45) is -0.808. The molecule has 0 spiro atoms. The second-order valence-corrected chi connectivity index (χ2v) is 5.76. The number of likely N-dealkylation sites (tertiary alicyclic amines) is 1. The van der Waals surface area contributed by atoms with E-state index in [1.54, 1.807) is 17.0 Å². The number of hydrogen-bond acceptors (Lipinski definition) is 8. The number of rotatable bonds is 9. The van der Waals surface area contributed by atoms with Crippen molar-refractivity contribution < 1.29 is 34.5 Å². The van der Waals surface area contributed by atoms with Crippen molar-refractivity contribution in [3.8, 4) is 11.5 Å². The Morgan fingerprint density at radius 1 is 1.48 bits per heavy atom. The minimum atomic E-state index is -1.24. The lowest BCUT2D eigenvalue weighted by molar-refractivity contribution is -0.105. The summed E-state index contributed by atoms with van der Waals surface area (Å²) in [7, 11) is 0.433. The van der Waals surface area contributed by atoms with E-state index in [0.717, 1.165) is 0 Å². The Morgan fingerprint density at radius 2 is 2.16 bits per heavy atom. The molecule has 0 bridgehead atoms. The monoisotopic (exact) mass is 353 g/mol. The summed E-state index contributed by atoms with van der Waals surface area (Å²) in [5, 5.41) is 37.2. The average Bonchev–Trinajstić information content (AvgIpc) is 2.56. The Morgan fingerprint density at radius 3 is 2.68 bits per heavy atom. The maximum Gasteiger partial charge on any atom is 0.569 e. The van der Waals surface area contributed by atoms with Crippen molar-refractivity contribution in [1.82, 2.24) is 4.90 Å². The number of benzene rings is 1. The van der Waals surface area contributed by atoms with Crippen LogP contribution in [-0.2, 0) is 6.42 Å². The number of hydrogen-bond donors (Lipinski definition) is 5. The first-order valence-corrected chi connectivity index (χ1v) is 7.89. The van der Waals surface area contributed by atoms with Crippen LogP contribution in [0.3, 0.4) is 0 Å². The van der Waals surface area contributed by atoms with Crippen molar-refractivity contribution in [2.75, 3.05) is 19.7 Å². The van der Waals surface area contributed by atoms with Gasteiger partial charge >= 0.3 is 13.7 Å². The standard InChI is InChI=1S/C15H22BN2O7/c1-2-8-3-4-11(12(15(21)22)13(8)25-16-23)24-9-5-18(6-9)14(20)10(17)7-19/h3-4,9-10,14,19-20,23H,2,5-7,17H2,1H3,(H,21,22)/t10-,14?/m1/s1. The largest absolute Gasteiger partial charge is 0.569 e. The fourth-order valence-electron chi connectivity index (χ4n) is 2.68. The van der Waals surface area contributed by atoms with Crippen molar-refractivity contribution in [3.63, 3.8) is 0 Å². The molecule has 1 aliphatic heterocycles. The van der Waals surface area contributed by atoms with Crippen LogP contribution < -0.4 is 15.1 Å². The number of aliphatic hydroxyl groups is 2. The van der Waals surface area contributed by atoms with E-state index in [0.29, 0.717) is 32.8 Å². The number of carboxylic acids is 1. The molecular weight excluding hydrogens is 331 g/mol. The predicted molar refractivity (Wildman–Crippen MR) is 88.4 cm³/mol. The van der Waals surface area contributed by atoms with Gasteiger partial charge in [0.25, 0.3) is 0 Å². The number of aryl methyl sites for hydroxylation is 1. The molecule has 1 aromatic carbocycles. The third-order valence-electron chi connectivity index (χ3n) is 4.10. The molecule has 2 atom stereocenters. The molecule has 0 amide bonds. The molecule has 25 heavy (non-hydrogen) atoms. The summed E-state index contributed by atoms with van der Waals surface area (Å²) in [5.74, 6) is -1.08. The van der Waals surface area contributed by atoms with Crippen LogP contribution in [-0.4, -0.2) is 77.0 Å². The highest BCUT2D eigenvalue weighted by Gasteiger charge is 2.36. The smallest absolute Gasteiger partial charge is 0.536 e. The van der Waals surface area contributed by atoms with E-state index in [9.17, 15) is 15.0 Å². The minimum absolute atomic E-state index is 0.0357. The van der Waals surface area contributed by atoms with Crippen LogP contribution in [0.1, 0.15) is 22.8 Å². The summed E-state index contributed by atoms with van der Waals surface area (Å²) < 4.78 is 10.7. The summed E-state index contributed by atoms with van der Waals surface area (Å²) >= 11 is 0. The van der Waals surface area contributed by atoms with E-state index in [2.05, 4.69) is 0 Å². The van der Waals surface area contributed by atoms with Crippen molar-refractivity contribution in [2.24, 2.45) is 5.73 Å². The predicted octanol–water partition coefficient (Wildman–Crippen LogP) is -1.45. The molecule has 0 aliphatic carbocycles. The summed E-state index contributed by atoms with van der Waals surface area (Å²) in [6.45, 7) is 2.17. The Hall–Kier alpha value is -1.85. The molecule has 2 rings (SSSR count). The lowest BCUT2D eigenvalue weighted by Crippen LogP contribution is -2.62. The van der Waals surface area contributed by atoms with Gasteiger partial charge in [-0.3, -0.25) is 4.90 Å². The van der Waals surface area contributed by atoms with Gasteiger partial charge in [0.05, 0.1) is 12.6 Å². The Labute approximate surface area is 145 Å². The summed E-state index contributed by atoms with van der Waals surface area (Å²) in [6, 6.07) is 2.44. The zero-order valence-electron chi connectivity index (χ0n) is 13.8. The molecule has 0 aromatic heterocycles. The fraction of sp³-hybridized carbons (Fsp3) is 0.533. The van der Waals surface area contributed by atoms with Crippen LogP contribution in [0.25, 0.3) is 0 Å². The molecule has 6 N–H and O–H groups in total. The Balaban J connectivity index is 2.13. The first kappa shape index (κ1) is 19.5. The highest BCUT2D eigenvalue weighted by atomic mass is 16.5. The van der Waals surface area contributed by atoms with E-state index < -0.39 is 18.2 Å². The van der Waals surface area contributed by atoms with Crippen molar-refractivity contribution in [2.45, 2.75) is 31.7 Å². The number of aromatic carboxylic acids is 1. The van der Waals surface area contributed by atoms with Crippen LogP contribution in [0.2, 0.25) is 0 Å². The van der Waals surface area contributed by atoms with Crippen molar-refractivity contribution in [3.05, 3.63) is 23.3 Å². The Kier molecular flexibility index (Phi) is 6.62. The molecule has 9 nitrogen and oxygen atoms in total. The Bertz CT molecular complexity index is 610. The third kappa shape index (κ3) is 4.22. The molecule has 1 unspecified atom stereocenters. The van der Waals surface area contributed by atoms with Crippen molar-refractivity contribution in [1.29, 1.82) is 0 Å². The van der Waals surface area contributed by atoms with Crippen LogP contribution in [0.15, 0.2) is 12.1 Å². The molecule has 1 aliphatic rings. The van der Waals surface area contributed by atoms with Crippen molar-refractivity contribution >= 4 is 13.7 Å². The van der Waals surface area contributed by atoms with Crippen LogP contribution in [0.5, 0.6) is 11.5 Å². The van der Waals surface area contributed by atoms with Crippen LogP contribution >= 0.6 is 0 Å². The molecule has 0 saturated carbocycles. The van der Waals surface area contributed by atoms with E-state index in [-0.39, 0.29) is 29.8 Å². The van der Waals surface area contributed by atoms with Crippen LogP contribution in [0, 0.1) is 0 Å². The zero-order valence-corrected chi connectivity index (χ0v) is 13.8. The highest BCUT2D eigenvalue weighted by molar-refractivity contribution is 6.18.